The second-order valence-corrected chi connectivity index (χ2v) is 6.05. The molecular formula is C20H16N2O2S. The molecular weight excluding hydrogens is 332 g/mol. The quantitative estimate of drug-likeness (QED) is 0.567. The highest BCUT2D eigenvalue weighted by molar-refractivity contribution is 7.10. The molecule has 0 aliphatic heterocycles. The Kier molecular flexibility index (Phi) is 5.81. The molecule has 5 heteroatoms. The monoisotopic (exact) mass is 348 g/mol. The van der Waals surface area contributed by atoms with Crippen molar-refractivity contribution in [3.63, 3.8) is 0 Å². The largest absolute Gasteiger partial charge is 0.481 e. The molecule has 0 bridgehead atoms. The molecule has 1 aromatic carbocycles. The summed E-state index contributed by atoms with van der Waals surface area (Å²) in [4.78, 5) is 16.9. The van der Waals surface area contributed by atoms with E-state index < -0.39 is 0 Å². The summed E-state index contributed by atoms with van der Waals surface area (Å²) >= 11 is 1.58. The Hall–Kier alpha value is -3.10. The van der Waals surface area contributed by atoms with Crippen molar-refractivity contribution in [2.24, 2.45) is 0 Å². The van der Waals surface area contributed by atoms with Gasteiger partial charge in [0.1, 0.15) is 12.4 Å². The molecule has 2 aromatic heterocycles. The summed E-state index contributed by atoms with van der Waals surface area (Å²) in [5, 5.41) is 5.74. The van der Waals surface area contributed by atoms with Gasteiger partial charge in [0.15, 0.2) is 0 Å². The average Bonchev–Trinajstić information content (AvgIpc) is 3.16. The lowest BCUT2D eigenvalue weighted by Crippen LogP contribution is -2.21. The number of hydrogen-bond donors (Lipinski definition) is 1. The van der Waals surface area contributed by atoms with E-state index in [1.54, 1.807) is 23.6 Å². The van der Waals surface area contributed by atoms with E-state index in [0.29, 0.717) is 0 Å². The lowest BCUT2D eigenvalue weighted by Gasteiger charge is -2.03. The number of ether oxygens (including phenoxy) is 1. The Labute approximate surface area is 150 Å². The maximum atomic E-state index is 11.6. The van der Waals surface area contributed by atoms with E-state index >= 15 is 0 Å². The highest BCUT2D eigenvalue weighted by Gasteiger charge is 1.97. The summed E-state index contributed by atoms with van der Waals surface area (Å²) in [5.74, 6) is 6.30. The third-order valence-corrected chi connectivity index (χ3v) is 4.14. The topological polar surface area (TPSA) is 51.2 Å². The van der Waals surface area contributed by atoms with Crippen LogP contribution in [0.4, 0.5) is 0 Å². The van der Waals surface area contributed by atoms with Crippen molar-refractivity contribution in [1.29, 1.82) is 0 Å². The molecule has 0 fully saturated rings. The number of thiophene rings is 1. The molecule has 1 amide bonds. The van der Waals surface area contributed by atoms with Crippen LogP contribution in [0.25, 0.3) is 17.0 Å². The van der Waals surface area contributed by atoms with Crippen molar-refractivity contribution < 1.29 is 9.53 Å². The van der Waals surface area contributed by atoms with Gasteiger partial charge in [-0.25, -0.2) is 0 Å². The van der Waals surface area contributed by atoms with Gasteiger partial charge >= 0.3 is 0 Å². The first-order valence-electron chi connectivity index (χ1n) is 7.74. The normalized spacial score (nSPS) is 10.4. The molecule has 0 saturated carbocycles. The summed E-state index contributed by atoms with van der Waals surface area (Å²) in [6, 6.07) is 13.5. The van der Waals surface area contributed by atoms with Gasteiger partial charge in [0.2, 0.25) is 5.91 Å². The minimum atomic E-state index is -0.163. The standard InChI is InChI=1S/C20H16N2O2S/c23-20(10-9-18-6-4-14-25-18)22-11-1-2-13-24-17-8-7-16-5-3-12-21-19(16)15-17/h3-10,12,14-15H,11,13H2,(H,22,23)/b10-9+. The second kappa shape index (κ2) is 8.67. The maximum Gasteiger partial charge on any atom is 0.244 e. The van der Waals surface area contributed by atoms with Gasteiger partial charge < -0.3 is 10.1 Å². The number of benzene rings is 1. The third kappa shape index (κ3) is 5.20. The SMILES string of the molecule is O=C(/C=C/c1cccs1)NCC#CCOc1ccc2cccnc2c1. The lowest BCUT2D eigenvalue weighted by molar-refractivity contribution is -0.116. The van der Waals surface area contributed by atoms with Crippen molar-refractivity contribution in [3.8, 4) is 17.6 Å². The van der Waals surface area contributed by atoms with E-state index in [-0.39, 0.29) is 19.1 Å². The zero-order valence-electron chi connectivity index (χ0n) is 13.4. The van der Waals surface area contributed by atoms with Gasteiger partial charge in [-0.15, -0.1) is 11.3 Å². The number of aromatic nitrogens is 1. The second-order valence-electron chi connectivity index (χ2n) is 5.07. The Bertz CT molecular complexity index is 937. The minimum absolute atomic E-state index is 0.163. The molecule has 3 aromatic rings. The van der Waals surface area contributed by atoms with Crippen LogP contribution in [0.3, 0.4) is 0 Å². The van der Waals surface area contributed by atoms with Gasteiger partial charge in [-0.05, 0) is 35.7 Å². The molecule has 0 aliphatic rings. The van der Waals surface area contributed by atoms with E-state index in [4.69, 9.17) is 4.74 Å². The molecule has 1 N–H and O–H groups in total. The number of rotatable bonds is 5. The summed E-state index contributed by atoms with van der Waals surface area (Å²) in [6.45, 7) is 0.551. The van der Waals surface area contributed by atoms with Crippen LogP contribution in [-0.4, -0.2) is 24.0 Å². The van der Waals surface area contributed by atoms with Crippen molar-refractivity contribution in [3.05, 3.63) is 65.0 Å². The predicted molar refractivity (Wildman–Crippen MR) is 101 cm³/mol. The average molecular weight is 348 g/mol. The number of carbonyl (C=O) groups is 1. The van der Waals surface area contributed by atoms with Crippen LogP contribution in [-0.2, 0) is 4.79 Å². The smallest absolute Gasteiger partial charge is 0.244 e. The molecule has 0 atom stereocenters. The Morgan fingerprint density at radius 2 is 2.20 bits per heavy atom. The number of carbonyl (C=O) groups excluding carboxylic acids is 1. The molecule has 124 valence electrons. The first-order valence-corrected chi connectivity index (χ1v) is 8.62. The molecule has 4 nitrogen and oxygen atoms in total. The van der Waals surface area contributed by atoms with Crippen LogP contribution in [0, 0.1) is 11.8 Å². The van der Waals surface area contributed by atoms with Gasteiger partial charge in [0, 0.05) is 28.6 Å². The van der Waals surface area contributed by atoms with Crippen LogP contribution in [0.2, 0.25) is 0 Å². The van der Waals surface area contributed by atoms with Crippen LogP contribution in [0.15, 0.2) is 60.1 Å². The number of fused-ring (bicyclic) bond motifs is 1. The van der Waals surface area contributed by atoms with Gasteiger partial charge in [-0.3, -0.25) is 9.78 Å². The summed E-state index contributed by atoms with van der Waals surface area (Å²) < 4.78 is 5.58. The zero-order chi connectivity index (χ0) is 17.3. The Morgan fingerprint density at radius 1 is 1.24 bits per heavy atom. The fraction of sp³-hybridized carbons (Fsp3) is 0.100. The van der Waals surface area contributed by atoms with Crippen LogP contribution in [0.1, 0.15) is 4.88 Å². The van der Waals surface area contributed by atoms with Crippen LogP contribution >= 0.6 is 11.3 Å². The van der Waals surface area contributed by atoms with Crippen molar-refractivity contribution in [1.82, 2.24) is 10.3 Å². The van der Waals surface area contributed by atoms with Gasteiger partial charge in [0.25, 0.3) is 0 Å². The third-order valence-electron chi connectivity index (χ3n) is 3.31. The van der Waals surface area contributed by atoms with E-state index in [1.807, 2.05) is 47.8 Å². The highest BCUT2D eigenvalue weighted by atomic mass is 32.1. The molecule has 3 rings (SSSR count). The number of pyridine rings is 1. The molecule has 0 spiro atoms. The molecule has 0 saturated heterocycles. The highest BCUT2D eigenvalue weighted by Crippen LogP contribution is 2.18. The van der Waals surface area contributed by atoms with Crippen LogP contribution < -0.4 is 10.1 Å². The number of nitrogens with zero attached hydrogens (tertiary/aromatic N) is 1. The Balaban J connectivity index is 1.41. The summed E-state index contributed by atoms with van der Waals surface area (Å²) in [5.41, 5.74) is 0.887. The molecule has 25 heavy (non-hydrogen) atoms. The van der Waals surface area contributed by atoms with Crippen LogP contribution in [0.5, 0.6) is 5.75 Å². The van der Waals surface area contributed by atoms with Gasteiger partial charge in [-0.1, -0.05) is 24.0 Å². The van der Waals surface area contributed by atoms with Gasteiger partial charge in [0.05, 0.1) is 12.1 Å². The van der Waals surface area contributed by atoms with Crippen molar-refractivity contribution in [2.75, 3.05) is 13.2 Å². The van der Waals surface area contributed by atoms with Gasteiger partial charge in [-0.2, -0.15) is 0 Å². The summed E-state index contributed by atoms with van der Waals surface area (Å²) in [7, 11) is 0. The van der Waals surface area contributed by atoms with E-state index in [1.165, 1.54) is 6.08 Å². The molecule has 0 aliphatic carbocycles. The molecule has 0 radical (unpaired) electrons. The number of nitrogens with one attached hydrogen (secondary N) is 1. The van der Waals surface area contributed by atoms with Crippen molar-refractivity contribution >= 4 is 34.2 Å². The minimum Gasteiger partial charge on any atom is -0.481 e. The Morgan fingerprint density at radius 3 is 3.08 bits per heavy atom. The molecule has 0 unspecified atom stereocenters. The van der Waals surface area contributed by atoms with E-state index in [0.717, 1.165) is 21.5 Å². The summed E-state index contributed by atoms with van der Waals surface area (Å²) in [6.07, 6.45) is 5.04. The first kappa shape index (κ1) is 16.7. The maximum absolute atomic E-state index is 11.6. The van der Waals surface area contributed by atoms with E-state index in [2.05, 4.69) is 22.1 Å². The van der Waals surface area contributed by atoms with Crippen molar-refractivity contribution in [2.45, 2.75) is 0 Å². The zero-order valence-corrected chi connectivity index (χ0v) is 14.3. The first-order chi connectivity index (χ1) is 12.3. The fourth-order valence-corrected chi connectivity index (χ4v) is 2.72. The molecule has 2 heterocycles. The lowest BCUT2D eigenvalue weighted by atomic mass is 10.2. The predicted octanol–water partition coefficient (Wildman–Crippen LogP) is 3.51. The fourth-order valence-electron chi connectivity index (χ4n) is 2.10. The number of amides is 1. The number of hydrogen-bond acceptors (Lipinski definition) is 4. The van der Waals surface area contributed by atoms with E-state index in [9.17, 15) is 4.79 Å².